The molecule has 0 spiro atoms. The van der Waals surface area contributed by atoms with Gasteiger partial charge < -0.3 is 5.11 Å². The number of hydrogen-bond acceptors (Lipinski definition) is 5. The molecule has 2 heterocycles. The Morgan fingerprint density at radius 3 is 2.86 bits per heavy atom. The number of aromatic amines is 1. The van der Waals surface area contributed by atoms with Gasteiger partial charge in [-0.05, 0) is 12.1 Å². The summed E-state index contributed by atoms with van der Waals surface area (Å²) in [6.45, 7) is 0. The van der Waals surface area contributed by atoms with Gasteiger partial charge in [-0.1, -0.05) is 22.2 Å². The Morgan fingerprint density at radius 1 is 1.33 bits per heavy atom. The molecular weight excluding hydrogens is 272 g/mol. The number of phenolic OH excluding ortho intramolecular Hbond substituents is 1. The first-order chi connectivity index (χ1) is 10.1. The molecule has 21 heavy (non-hydrogen) atoms. The van der Waals surface area contributed by atoms with Crippen LogP contribution in [0.3, 0.4) is 0 Å². The zero-order valence-corrected chi connectivity index (χ0v) is 11.5. The third kappa shape index (κ3) is 2.27. The minimum absolute atomic E-state index is 0.00921. The van der Waals surface area contributed by atoms with Crippen LogP contribution in [-0.2, 0) is 14.1 Å². The van der Waals surface area contributed by atoms with Gasteiger partial charge in [-0.3, -0.25) is 14.3 Å². The summed E-state index contributed by atoms with van der Waals surface area (Å²) in [4.78, 5) is 18.8. The highest BCUT2D eigenvalue weighted by Gasteiger charge is 2.17. The van der Waals surface area contributed by atoms with Crippen molar-refractivity contribution >= 4 is 22.8 Å². The van der Waals surface area contributed by atoms with E-state index in [1.54, 1.807) is 47.8 Å². The maximum atomic E-state index is 12.0. The summed E-state index contributed by atoms with van der Waals surface area (Å²) < 4.78 is 3.41. The van der Waals surface area contributed by atoms with Crippen LogP contribution in [0.2, 0.25) is 0 Å². The molecule has 0 amide bonds. The van der Waals surface area contributed by atoms with E-state index in [0.29, 0.717) is 16.9 Å². The molecule has 3 aromatic rings. The SMILES string of the molecule is Cn1c[n+](C)c2nc(N=Nc3ccccc3O)[nH]c(=O)c21. The molecule has 0 radical (unpaired) electrons. The van der Waals surface area contributed by atoms with Crippen LogP contribution in [0.5, 0.6) is 5.75 Å². The first-order valence-electron chi connectivity index (χ1n) is 6.21. The molecule has 3 rings (SSSR count). The van der Waals surface area contributed by atoms with Gasteiger partial charge in [0, 0.05) is 0 Å². The highest BCUT2D eigenvalue weighted by Crippen LogP contribution is 2.26. The van der Waals surface area contributed by atoms with Crippen LogP contribution in [0.4, 0.5) is 11.6 Å². The highest BCUT2D eigenvalue weighted by molar-refractivity contribution is 5.66. The van der Waals surface area contributed by atoms with E-state index in [-0.39, 0.29) is 17.3 Å². The minimum Gasteiger partial charge on any atom is -0.506 e. The van der Waals surface area contributed by atoms with Crippen LogP contribution in [-0.4, -0.2) is 19.6 Å². The van der Waals surface area contributed by atoms with Crippen molar-refractivity contribution < 1.29 is 9.67 Å². The fourth-order valence-corrected chi connectivity index (χ4v) is 2.08. The van der Waals surface area contributed by atoms with Gasteiger partial charge >= 0.3 is 11.6 Å². The minimum atomic E-state index is -0.297. The van der Waals surface area contributed by atoms with Crippen molar-refractivity contribution in [3.05, 3.63) is 40.9 Å². The Morgan fingerprint density at radius 2 is 2.10 bits per heavy atom. The molecule has 2 aromatic heterocycles. The normalized spacial score (nSPS) is 11.5. The Balaban J connectivity index is 2.08. The number of aryl methyl sites for hydroxylation is 2. The van der Waals surface area contributed by atoms with Gasteiger partial charge in [-0.15, -0.1) is 5.11 Å². The molecule has 0 fully saturated rings. The lowest BCUT2D eigenvalue weighted by Gasteiger charge is -1.94. The van der Waals surface area contributed by atoms with Gasteiger partial charge in [-0.25, -0.2) is 4.57 Å². The highest BCUT2D eigenvalue weighted by atomic mass is 16.3. The number of rotatable bonds is 2. The number of azo groups is 1. The van der Waals surface area contributed by atoms with Crippen molar-refractivity contribution in [2.75, 3.05) is 0 Å². The molecule has 1 aromatic carbocycles. The summed E-state index contributed by atoms with van der Waals surface area (Å²) in [5.41, 5.74) is 0.971. The van der Waals surface area contributed by atoms with Gasteiger partial charge in [0.15, 0.2) is 6.33 Å². The largest absolute Gasteiger partial charge is 0.506 e. The number of H-pyrrole nitrogens is 1. The van der Waals surface area contributed by atoms with E-state index >= 15 is 0 Å². The summed E-state index contributed by atoms with van der Waals surface area (Å²) in [5.74, 6) is 0.0903. The number of phenols is 1. The molecule has 0 aliphatic heterocycles. The van der Waals surface area contributed by atoms with Crippen molar-refractivity contribution in [1.29, 1.82) is 0 Å². The molecule has 106 valence electrons. The predicted molar refractivity (Wildman–Crippen MR) is 74.8 cm³/mol. The first-order valence-corrected chi connectivity index (χ1v) is 6.21. The number of benzene rings is 1. The number of nitrogens with one attached hydrogen (secondary N) is 1. The van der Waals surface area contributed by atoms with E-state index in [4.69, 9.17) is 0 Å². The third-order valence-corrected chi connectivity index (χ3v) is 3.03. The number of aromatic hydroxyl groups is 1. The molecule has 0 aliphatic carbocycles. The number of hydrogen-bond donors (Lipinski definition) is 2. The van der Waals surface area contributed by atoms with E-state index in [1.807, 2.05) is 0 Å². The first kappa shape index (κ1) is 13.0. The van der Waals surface area contributed by atoms with Crippen LogP contribution in [0.15, 0.2) is 45.6 Å². The Kier molecular flexibility index (Phi) is 2.98. The van der Waals surface area contributed by atoms with Crippen molar-refractivity contribution in [2.24, 2.45) is 24.3 Å². The molecule has 0 aliphatic rings. The number of fused-ring (bicyclic) bond motifs is 1. The van der Waals surface area contributed by atoms with Gasteiger partial charge in [0.1, 0.15) is 11.4 Å². The predicted octanol–water partition coefficient (Wildman–Crippen LogP) is 1.21. The smallest absolute Gasteiger partial charge is 0.326 e. The summed E-state index contributed by atoms with van der Waals surface area (Å²) in [6.07, 6.45) is 1.75. The topological polar surface area (TPSA) is 99.5 Å². The van der Waals surface area contributed by atoms with E-state index in [1.165, 1.54) is 6.07 Å². The monoisotopic (exact) mass is 285 g/mol. The van der Waals surface area contributed by atoms with Gasteiger partial charge in [-0.2, -0.15) is 0 Å². The van der Waals surface area contributed by atoms with Crippen molar-refractivity contribution in [2.45, 2.75) is 0 Å². The summed E-state index contributed by atoms with van der Waals surface area (Å²) in [7, 11) is 3.56. The van der Waals surface area contributed by atoms with Crippen molar-refractivity contribution in [1.82, 2.24) is 14.5 Å². The third-order valence-electron chi connectivity index (χ3n) is 3.03. The molecule has 0 unspecified atom stereocenters. The second kappa shape index (κ2) is 4.82. The van der Waals surface area contributed by atoms with Crippen molar-refractivity contribution in [3.8, 4) is 5.75 Å². The average Bonchev–Trinajstić information content (AvgIpc) is 2.73. The second-order valence-corrected chi connectivity index (χ2v) is 4.59. The fourth-order valence-electron chi connectivity index (χ4n) is 2.08. The molecule has 8 heteroatoms. The molecule has 2 N–H and O–H groups in total. The Labute approximate surface area is 119 Å². The average molecular weight is 285 g/mol. The lowest BCUT2D eigenvalue weighted by molar-refractivity contribution is -0.647. The standard InChI is InChI=1S/C13H12N6O2/c1-18-7-19(2)11-10(18)12(21)15-13(14-11)17-16-8-5-3-4-6-9(8)20/h3-7H,1-2H3,(H-,14,15,17,20,21)/p+1. The maximum absolute atomic E-state index is 12.0. The molecule has 0 bridgehead atoms. The van der Waals surface area contributed by atoms with E-state index in [2.05, 4.69) is 20.2 Å². The van der Waals surface area contributed by atoms with Gasteiger partial charge in [0.05, 0.1) is 14.1 Å². The number of para-hydroxylation sites is 1. The zero-order chi connectivity index (χ0) is 15.0. The molecule has 0 saturated carbocycles. The van der Waals surface area contributed by atoms with Gasteiger partial charge in [0.2, 0.25) is 5.52 Å². The lowest BCUT2D eigenvalue weighted by atomic mass is 10.3. The van der Waals surface area contributed by atoms with Crippen LogP contribution in [0.25, 0.3) is 11.2 Å². The zero-order valence-electron chi connectivity index (χ0n) is 11.5. The Hall–Kier alpha value is -3.03. The van der Waals surface area contributed by atoms with Gasteiger partial charge in [0.25, 0.3) is 5.56 Å². The van der Waals surface area contributed by atoms with Crippen LogP contribution in [0, 0.1) is 0 Å². The maximum Gasteiger partial charge on any atom is 0.326 e. The summed E-state index contributed by atoms with van der Waals surface area (Å²) in [6, 6.07) is 6.53. The number of nitrogens with zero attached hydrogens (tertiary/aromatic N) is 5. The van der Waals surface area contributed by atoms with Crippen LogP contribution >= 0.6 is 0 Å². The second-order valence-electron chi connectivity index (χ2n) is 4.59. The Bertz CT molecular complexity index is 909. The lowest BCUT2D eigenvalue weighted by Crippen LogP contribution is -2.27. The number of imidazole rings is 1. The van der Waals surface area contributed by atoms with Crippen molar-refractivity contribution in [3.63, 3.8) is 0 Å². The summed E-state index contributed by atoms with van der Waals surface area (Å²) in [5, 5.41) is 17.4. The quantitative estimate of drug-likeness (QED) is 0.546. The van der Waals surface area contributed by atoms with E-state index in [9.17, 15) is 9.90 Å². The van der Waals surface area contributed by atoms with Crippen LogP contribution in [0.1, 0.15) is 0 Å². The summed E-state index contributed by atoms with van der Waals surface area (Å²) >= 11 is 0. The van der Waals surface area contributed by atoms with Crippen LogP contribution < -0.4 is 10.1 Å². The fraction of sp³-hybridized carbons (Fsp3) is 0.154. The molecule has 8 nitrogen and oxygen atoms in total. The molecule has 0 saturated heterocycles. The van der Waals surface area contributed by atoms with E-state index < -0.39 is 0 Å². The number of aromatic nitrogens is 4. The van der Waals surface area contributed by atoms with E-state index in [0.717, 1.165) is 0 Å². The molecular formula is C13H13N6O2+. The molecule has 0 atom stereocenters.